The summed E-state index contributed by atoms with van der Waals surface area (Å²) in [6.45, 7) is 0. The smallest absolute Gasteiger partial charge is 0.338 e. The van der Waals surface area contributed by atoms with Gasteiger partial charge in [-0.3, -0.25) is 9.59 Å². The van der Waals surface area contributed by atoms with Crippen LogP contribution in [0, 0.1) is 5.82 Å². The Hall–Kier alpha value is -3.22. The van der Waals surface area contributed by atoms with Gasteiger partial charge in [0.15, 0.2) is 17.3 Å². The van der Waals surface area contributed by atoms with Crippen LogP contribution in [-0.4, -0.2) is 38.9 Å². The van der Waals surface area contributed by atoms with Crippen molar-refractivity contribution in [3.8, 4) is 11.5 Å². The second kappa shape index (κ2) is 6.01. The van der Waals surface area contributed by atoms with E-state index in [1.165, 1.54) is 39.5 Å². The van der Waals surface area contributed by atoms with Crippen LogP contribution in [0.25, 0.3) is 0 Å². The molecule has 0 atom stereocenters. The number of ketones is 2. The number of carbonyl (C=O) groups is 3. The molecular formula is C18H13FO6. The lowest BCUT2D eigenvalue weighted by molar-refractivity contribution is 0.0600. The van der Waals surface area contributed by atoms with E-state index in [1.54, 1.807) is 0 Å². The predicted octanol–water partition coefficient (Wildman–Crippen LogP) is 2.40. The van der Waals surface area contributed by atoms with Crippen molar-refractivity contribution in [3.63, 3.8) is 0 Å². The molecule has 0 unspecified atom stereocenters. The molecule has 0 fully saturated rings. The summed E-state index contributed by atoms with van der Waals surface area (Å²) in [6, 6.07) is 4.83. The summed E-state index contributed by atoms with van der Waals surface area (Å²) in [5.41, 5.74) is -0.150. The molecule has 0 aliphatic heterocycles. The van der Waals surface area contributed by atoms with Crippen molar-refractivity contribution in [3.05, 3.63) is 57.9 Å². The highest BCUT2D eigenvalue weighted by Gasteiger charge is 2.37. The van der Waals surface area contributed by atoms with Crippen molar-refractivity contribution in [1.82, 2.24) is 0 Å². The van der Waals surface area contributed by atoms with Crippen LogP contribution in [0.4, 0.5) is 4.39 Å². The first-order chi connectivity index (χ1) is 11.9. The van der Waals surface area contributed by atoms with E-state index < -0.39 is 23.4 Å². The molecule has 0 spiro atoms. The van der Waals surface area contributed by atoms with Gasteiger partial charge in [0.1, 0.15) is 5.75 Å². The number of esters is 1. The van der Waals surface area contributed by atoms with E-state index in [4.69, 9.17) is 9.47 Å². The van der Waals surface area contributed by atoms with E-state index in [9.17, 15) is 18.8 Å². The fourth-order valence-corrected chi connectivity index (χ4v) is 2.87. The highest BCUT2D eigenvalue weighted by molar-refractivity contribution is 6.30. The SMILES string of the molecule is COC(=O)c1cc(OC)c2c(c1)C(=O)c1ccc(F)c(OC)c1C2=O. The Bertz CT molecular complexity index is 932. The minimum absolute atomic E-state index is 0.000168. The molecule has 25 heavy (non-hydrogen) atoms. The van der Waals surface area contributed by atoms with E-state index in [0.29, 0.717) is 0 Å². The molecule has 0 saturated carbocycles. The summed E-state index contributed by atoms with van der Waals surface area (Å²) in [6.07, 6.45) is 0. The number of hydrogen-bond acceptors (Lipinski definition) is 6. The molecule has 0 bridgehead atoms. The number of benzene rings is 2. The lowest BCUT2D eigenvalue weighted by Crippen LogP contribution is -2.24. The minimum atomic E-state index is -0.754. The zero-order valence-electron chi connectivity index (χ0n) is 13.6. The molecule has 6 nitrogen and oxygen atoms in total. The molecule has 0 N–H and O–H groups in total. The molecule has 0 heterocycles. The van der Waals surface area contributed by atoms with Crippen LogP contribution in [0.2, 0.25) is 0 Å². The quantitative estimate of drug-likeness (QED) is 0.679. The number of halogens is 1. The zero-order chi connectivity index (χ0) is 18.3. The number of ether oxygens (including phenoxy) is 3. The number of rotatable bonds is 3. The average molecular weight is 344 g/mol. The molecule has 7 heteroatoms. The summed E-state index contributed by atoms with van der Waals surface area (Å²) < 4.78 is 28.8. The van der Waals surface area contributed by atoms with Gasteiger partial charge in [-0.2, -0.15) is 0 Å². The van der Waals surface area contributed by atoms with Crippen molar-refractivity contribution in [2.75, 3.05) is 21.3 Å². The van der Waals surface area contributed by atoms with Crippen LogP contribution in [0.15, 0.2) is 24.3 Å². The van der Waals surface area contributed by atoms with Crippen molar-refractivity contribution in [2.45, 2.75) is 0 Å². The van der Waals surface area contributed by atoms with Gasteiger partial charge in [-0.15, -0.1) is 0 Å². The third-order valence-corrected chi connectivity index (χ3v) is 4.00. The van der Waals surface area contributed by atoms with Crippen LogP contribution in [0.3, 0.4) is 0 Å². The van der Waals surface area contributed by atoms with E-state index in [-0.39, 0.29) is 39.3 Å². The van der Waals surface area contributed by atoms with E-state index >= 15 is 0 Å². The van der Waals surface area contributed by atoms with Gasteiger partial charge in [0, 0.05) is 11.1 Å². The van der Waals surface area contributed by atoms with Gasteiger partial charge < -0.3 is 14.2 Å². The number of fused-ring (bicyclic) bond motifs is 2. The van der Waals surface area contributed by atoms with Crippen molar-refractivity contribution in [1.29, 1.82) is 0 Å². The van der Waals surface area contributed by atoms with Crippen LogP contribution in [0.5, 0.6) is 11.5 Å². The summed E-state index contributed by atoms with van der Waals surface area (Å²) in [5, 5.41) is 0. The molecule has 0 saturated heterocycles. The van der Waals surface area contributed by atoms with E-state index in [1.807, 2.05) is 0 Å². The van der Waals surface area contributed by atoms with Crippen LogP contribution in [-0.2, 0) is 4.74 Å². The molecule has 0 aromatic heterocycles. The van der Waals surface area contributed by atoms with Crippen LogP contribution in [0.1, 0.15) is 42.2 Å². The van der Waals surface area contributed by atoms with Gasteiger partial charge in [-0.05, 0) is 24.3 Å². The lowest BCUT2D eigenvalue weighted by Gasteiger charge is -2.22. The van der Waals surface area contributed by atoms with E-state index in [0.717, 1.165) is 6.07 Å². The largest absolute Gasteiger partial charge is 0.496 e. The van der Waals surface area contributed by atoms with Crippen LogP contribution < -0.4 is 9.47 Å². The van der Waals surface area contributed by atoms with Crippen LogP contribution >= 0.6 is 0 Å². The standard InChI is InChI=1S/C18H13FO6/c1-23-12-7-8(18(22)25-3)6-10-13(12)16(21)14-9(15(10)20)4-5-11(19)17(14)24-2/h4-7H,1-3H3. The molecule has 0 radical (unpaired) electrons. The Morgan fingerprint density at radius 1 is 0.920 bits per heavy atom. The predicted molar refractivity (Wildman–Crippen MR) is 84.2 cm³/mol. The lowest BCUT2D eigenvalue weighted by atomic mass is 9.82. The second-order valence-corrected chi connectivity index (χ2v) is 5.25. The number of carbonyl (C=O) groups excluding carboxylic acids is 3. The van der Waals surface area contributed by atoms with Gasteiger partial charge in [0.05, 0.1) is 38.0 Å². The Labute approximate surface area is 142 Å². The Morgan fingerprint density at radius 3 is 2.24 bits per heavy atom. The molecule has 0 amide bonds. The maximum absolute atomic E-state index is 14.0. The monoisotopic (exact) mass is 344 g/mol. The summed E-state index contributed by atoms with van der Waals surface area (Å²) >= 11 is 0. The number of methoxy groups -OCH3 is 3. The van der Waals surface area contributed by atoms with Gasteiger partial charge in [-0.1, -0.05) is 0 Å². The summed E-state index contributed by atoms with van der Waals surface area (Å²) in [7, 11) is 3.71. The molecule has 3 rings (SSSR count). The average Bonchev–Trinajstić information content (AvgIpc) is 2.63. The highest BCUT2D eigenvalue weighted by atomic mass is 19.1. The fraction of sp³-hybridized carbons (Fsp3) is 0.167. The first kappa shape index (κ1) is 16.6. The molecule has 2 aromatic rings. The Kier molecular flexibility index (Phi) is 4.00. The summed E-state index contributed by atoms with van der Waals surface area (Å²) in [5.74, 6) is -2.87. The van der Waals surface area contributed by atoms with Gasteiger partial charge in [0.2, 0.25) is 5.78 Å². The van der Waals surface area contributed by atoms with Crippen molar-refractivity contribution >= 4 is 17.5 Å². The van der Waals surface area contributed by atoms with Crippen molar-refractivity contribution < 1.29 is 33.0 Å². The molecule has 128 valence electrons. The molecule has 1 aliphatic rings. The molecular weight excluding hydrogens is 331 g/mol. The van der Waals surface area contributed by atoms with Crippen molar-refractivity contribution in [2.24, 2.45) is 0 Å². The normalized spacial score (nSPS) is 12.3. The van der Waals surface area contributed by atoms with Gasteiger partial charge >= 0.3 is 5.97 Å². The van der Waals surface area contributed by atoms with E-state index in [2.05, 4.69) is 4.74 Å². The second-order valence-electron chi connectivity index (χ2n) is 5.25. The summed E-state index contributed by atoms with van der Waals surface area (Å²) in [4.78, 5) is 37.5. The topological polar surface area (TPSA) is 78.9 Å². The number of hydrogen-bond donors (Lipinski definition) is 0. The molecule has 1 aliphatic carbocycles. The third-order valence-electron chi connectivity index (χ3n) is 4.00. The Morgan fingerprint density at radius 2 is 1.64 bits per heavy atom. The zero-order valence-corrected chi connectivity index (χ0v) is 13.6. The van der Waals surface area contributed by atoms with Gasteiger partial charge in [0.25, 0.3) is 0 Å². The maximum atomic E-state index is 14.0. The first-order valence-electron chi connectivity index (χ1n) is 7.20. The Balaban J connectivity index is 2.33. The van der Waals surface area contributed by atoms with Gasteiger partial charge in [-0.25, -0.2) is 9.18 Å². The highest BCUT2D eigenvalue weighted by Crippen LogP contribution is 2.39. The molecule has 2 aromatic carbocycles. The first-order valence-corrected chi connectivity index (χ1v) is 7.20. The fourth-order valence-electron chi connectivity index (χ4n) is 2.87. The third kappa shape index (κ3) is 2.36. The minimum Gasteiger partial charge on any atom is -0.496 e. The maximum Gasteiger partial charge on any atom is 0.338 e.